The quantitative estimate of drug-likeness (QED) is 0.679. The van der Waals surface area contributed by atoms with Gasteiger partial charge in [0.2, 0.25) is 0 Å². The average Bonchev–Trinajstić information content (AvgIpc) is 2.72. The van der Waals surface area contributed by atoms with Crippen LogP contribution < -0.4 is 4.74 Å². The Kier molecular flexibility index (Phi) is 6.91. The van der Waals surface area contributed by atoms with Crippen LogP contribution >= 0.6 is 0 Å². The molecule has 1 saturated heterocycles. The van der Waals surface area contributed by atoms with E-state index in [4.69, 9.17) is 15.1 Å². The molecule has 1 fully saturated rings. The number of likely N-dealkylation sites (tertiary alicyclic amines) is 1. The number of nitriles is 1. The van der Waals surface area contributed by atoms with Gasteiger partial charge in [0.15, 0.2) is 0 Å². The van der Waals surface area contributed by atoms with Gasteiger partial charge in [-0.3, -0.25) is 0 Å². The summed E-state index contributed by atoms with van der Waals surface area (Å²) < 4.78 is 34.3. The second-order valence-electron chi connectivity index (χ2n) is 8.54. The number of hydrogen-bond donors (Lipinski definition) is 1. The number of halogens is 2. The van der Waals surface area contributed by atoms with Crippen molar-refractivity contribution in [2.24, 2.45) is 5.92 Å². The highest BCUT2D eigenvalue weighted by Crippen LogP contribution is 2.29. The molecule has 31 heavy (non-hydrogen) atoms. The normalized spacial score (nSPS) is 15.5. The molecule has 0 saturated carbocycles. The number of ether oxygens (including phenoxy) is 1. The van der Waals surface area contributed by atoms with Crippen molar-refractivity contribution in [3.8, 4) is 22.9 Å². The van der Waals surface area contributed by atoms with Crippen LogP contribution in [0.2, 0.25) is 0 Å². The van der Waals surface area contributed by atoms with Crippen LogP contribution in [0, 0.1) is 23.1 Å². The minimum atomic E-state index is -1.34. The number of piperidine rings is 1. The highest BCUT2D eigenvalue weighted by atomic mass is 19.1. The van der Waals surface area contributed by atoms with Gasteiger partial charge < -0.3 is 14.7 Å². The van der Waals surface area contributed by atoms with Crippen LogP contribution in [0.25, 0.3) is 11.1 Å². The van der Waals surface area contributed by atoms with Crippen LogP contribution in [0.4, 0.5) is 8.78 Å². The molecule has 0 unspecified atom stereocenters. The molecule has 2 aromatic rings. The topological polar surface area (TPSA) is 73.6 Å². The smallest absolute Gasteiger partial charge is 0.337 e. The maximum atomic E-state index is 14.7. The van der Waals surface area contributed by atoms with Gasteiger partial charge >= 0.3 is 5.97 Å². The van der Waals surface area contributed by atoms with Crippen LogP contribution in [0.1, 0.15) is 42.6 Å². The first-order valence-electron chi connectivity index (χ1n) is 10.3. The number of rotatable bonds is 7. The molecule has 0 aliphatic carbocycles. The lowest BCUT2D eigenvalue weighted by atomic mass is 9.96. The number of carbonyl (C=O) groups is 1. The number of carboxylic acids is 1. The second kappa shape index (κ2) is 9.44. The van der Waals surface area contributed by atoms with Crippen LogP contribution in [-0.4, -0.2) is 47.9 Å². The summed E-state index contributed by atoms with van der Waals surface area (Å²) in [5.41, 5.74) is -1.33. The van der Waals surface area contributed by atoms with Crippen molar-refractivity contribution in [1.29, 1.82) is 5.26 Å². The van der Waals surface area contributed by atoms with E-state index in [9.17, 15) is 13.6 Å². The molecule has 0 amide bonds. The van der Waals surface area contributed by atoms with Crippen molar-refractivity contribution in [1.82, 2.24) is 4.90 Å². The Labute approximate surface area is 180 Å². The molecule has 164 valence electrons. The minimum absolute atomic E-state index is 0.163. The van der Waals surface area contributed by atoms with E-state index in [2.05, 4.69) is 4.90 Å². The summed E-state index contributed by atoms with van der Waals surface area (Å²) >= 11 is 0. The van der Waals surface area contributed by atoms with Gasteiger partial charge in [-0.25, -0.2) is 13.6 Å². The van der Waals surface area contributed by atoms with Crippen LogP contribution in [0.5, 0.6) is 5.75 Å². The Morgan fingerprint density at radius 3 is 2.42 bits per heavy atom. The summed E-state index contributed by atoms with van der Waals surface area (Å²) in [5, 5.41) is 18.2. The van der Waals surface area contributed by atoms with Crippen molar-refractivity contribution in [3.63, 3.8) is 0 Å². The molecule has 1 aliphatic heterocycles. The fraction of sp³-hybridized carbons (Fsp3) is 0.417. The van der Waals surface area contributed by atoms with Crippen molar-refractivity contribution < 1.29 is 23.4 Å². The summed E-state index contributed by atoms with van der Waals surface area (Å²) in [5.74, 6) is -1.14. The fourth-order valence-electron chi connectivity index (χ4n) is 3.87. The molecule has 5 nitrogen and oxygen atoms in total. The molecule has 0 aromatic heterocycles. The van der Waals surface area contributed by atoms with Gasteiger partial charge in [0.25, 0.3) is 0 Å². The molecule has 0 radical (unpaired) electrons. The van der Waals surface area contributed by atoms with Gasteiger partial charge in [0, 0.05) is 12.1 Å². The van der Waals surface area contributed by atoms with Crippen molar-refractivity contribution in [2.45, 2.75) is 32.4 Å². The van der Waals surface area contributed by atoms with E-state index in [0.29, 0.717) is 30.4 Å². The first kappa shape index (κ1) is 22.7. The third-order valence-electron chi connectivity index (χ3n) is 5.44. The third-order valence-corrected chi connectivity index (χ3v) is 5.44. The highest BCUT2D eigenvalue weighted by Gasteiger charge is 2.25. The summed E-state index contributed by atoms with van der Waals surface area (Å²) in [6, 6.07) is 11.1. The van der Waals surface area contributed by atoms with Gasteiger partial charge in [-0.1, -0.05) is 18.2 Å². The fourth-order valence-corrected chi connectivity index (χ4v) is 3.87. The Balaban J connectivity index is 1.59. The monoisotopic (exact) mass is 428 g/mol. The third kappa shape index (κ3) is 5.80. The zero-order chi connectivity index (χ0) is 22.6. The number of aromatic carboxylic acids is 1. The summed E-state index contributed by atoms with van der Waals surface area (Å²) in [7, 11) is 0. The Morgan fingerprint density at radius 1 is 1.23 bits per heavy atom. The van der Waals surface area contributed by atoms with Gasteiger partial charge in [-0.2, -0.15) is 5.26 Å². The summed E-state index contributed by atoms with van der Waals surface area (Å²) in [6.07, 6.45) is 1.90. The molecule has 1 heterocycles. The Bertz CT molecular complexity index is 970. The Hall–Kier alpha value is -2.98. The maximum absolute atomic E-state index is 14.7. The largest absolute Gasteiger partial charge is 0.493 e. The van der Waals surface area contributed by atoms with Gasteiger partial charge in [0.1, 0.15) is 28.9 Å². The number of hydrogen-bond acceptors (Lipinski definition) is 4. The second-order valence-corrected chi connectivity index (χ2v) is 8.54. The van der Waals surface area contributed by atoms with E-state index in [1.165, 1.54) is 12.1 Å². The predicted molar refractivity (Wildman–Crippen MR) is 113 cm³/mol. The van der Waals surface area contributed by atoms with E-state index in [-0.39, 0.29) is 11.1 Å². The molecule has 1 N–H and O–H groups in total. The lowest BCUT2D eigenvalue weighted by Gasteiger charge is -2.34. The average molecular weight is 428 g/mol. The zero-order valence-corrected chi connectivity index (χ0v) is 17.7. The lowest BCUT2D eigenvalue weighted by molar-refractivity contribution is 0.0696. The zero-order valence-electron chi connectivity index (χ0n) is 17.7. The van der Waals surface area contributed by atoms with E-state index in [1.807, 2.05) is 0 Å². The maximum Gasteiger partial charge on any atom is 0.337 e. The SMILES string of the molecule is CC(C)(F)CN1CCC(COc2ccc(-c3ccc(C(=O)O)c(C#N)c3F)cc2)CC1. The van der Waals surface area contributed by atoms with Gasteiger partial charge in [0.05, 0.1) is 12.2 Å². The number of alkyl halides is 1. The van der Waals surface area contributed by atoms with Crippen molar-refractivity contribution in [2.75, 3.05) is 26.2 Å². The highest BCUT2D eigenvalue weighted by molar-refractivity contribution is 5.91. The molecular weight excluding hydrogens is 402 g/mol. The van der Waals surface area contributed by atoms with Gasteiger partial charge in [-0.15, -0.1) is 0 Å². The van der Waals surface area contributed by atoms with Crippen LogP contribution in [-0.2, 0) is 0 Å². The Morgan fingerprint density at radius 2 is 1.87 bits per heavy atom. The van der Waals surface area contributed by atoms with Crippen LogP contribution in [0.3, 0.4) is 0 Å². The van der Waals surface area contributed by atoms with Crippen molar-refractivity contribution in [3.05, 3.63) is 53.3 Å². The molecular formula is C24H26F2N2O3. The molecule has 0 bridgehead atoms. The van der Waals surface area contributed by atoms with E-state index in [1.54, 1.807) is 44.2 Å². The molecule has 2 aromatic carbocycles. The summed E-state index contributed by atoms with van der Waals surface area (Å²) in [4.78, 5) is 13.3. The first-order chi connectivity index (χ1) is 14.7. The van der Waals surface area contributed by atoms with E-state index in [0.717, 1.165) is 25.9 Å². The van der Waals surface area contributed by atoms with Crippen LogP contribution in [0.15, 0.2) is 36.4 Å². The number of carboxylic acid groups (broad SMARTS) is 1. The molecule has 7 heteroatoms. The molecule has 0 atom stereocenters. The molecule has 1 aliphatic rings. The molecule has 3 rings (SSSR count). The summed E-state index contributed by atoms with van der Waals surface area (Å²) in [6.45, 7) is 5.91. The molecule has 0 spiro atoms. The first-order valence-corrected chi connectivity index (χ1v) is 10.3. The minimum Gasteiger partial charge on any atom is -0.493 e. The predicted octanol–water partition coefficient (Wildman–Crippen LogP) is 4.90. The number of nitrogens with zero attached hydrogens (tertiary/aromatic N) is 2. The van der Waals surface area contributed by atoms with E-state index < -0.39 is 23.0 Å². The standard InChI is InChI=1S/C24H26F2N2O3/c1-24(2,26)15-28-11-9-16(10-12-28)14-31-18-5-3-17(4-6-18)19-7-8-20(23(29)30)21(13-27)22(19)25/h3-8,16H,9-12,14-15H2,1-2H3,(H,29,30). The number of benzene rings is 2. The van der Waals surface area contributed by atoms with Gasteiger partial charge in [-0.05, 0) is 69.5 Å². The lowest BCUT2D eigenvalue weighted by Crippen LogP contribution is -2.41. The van der Waals surface area contributed by atoms with Crippen molar-refractivity contribution >= 4 is 5.97 Å². The van der Waals surface area contributed by atoms with E-state index >= 15 is 0 Å².